The largest absolute Gasteiger partial charge is 0.573 e. The Bertz CT molecular complexity index is 685. The highest BCUT2D eigenvalue weighted by molar-refractivity contribution is 5.66. The molecule has 0 aromatic heterocycles. The lowest BCUT2D eigenvalue weighted by Gasteiger charge is -2.10. The molecule has 2 rings (SSSR count). The van der Waals surface area contributed by atoms with Crippen molar-refractivity contribution in [3.63, 3.8) is 0 Å². The Morgan fingerprint density at radius 2 is 1.71 bits per heavy atom. The van der Waals surface area contributed by atoms with Gasteiger partial charge in [0.15, 0.2) is 0 Å². The van der Waals surface area contributed by atoms with E-state index in [0.717, 1.165) is 24.3 Å². The zero-order chi connectivity index (χ0) is 15.6. The van der Waals surface area contributed by atoms with Gasteiger partial charge < -0.3 is 4.74 Å². The summed E-state index contributed by atoms with van der Waals surface area (Å²) in [5, 5.41) is 10.5. The number of alkyl halides is 3. The van der Waals surface area contributed by atoms with E-state index < -0.39 is 28.5 Å². The van der Waals surface area contributed by atoms with Crippen LogP contribution in [-0.4, -0.2) is 11.3 Å². The Morgan fingerprint density at radius 1 is 1.05 bits per heavy atom. The highest BCUT2D eigenvalue weighted by atomic mass is 19.4. The van der Waals surface area contributed by atoms with Gasteiger partial charge in [-0.15, -0.1) is 13.2 Å². The van der Waals surface area contributed by atoms with Gasteiger partial charge in [-0.25, -0.2) is 0 Å². The average Bonchev–Trinajstić information content (AvgIpc) is 2.36. The number of hydrogen-bond acceptors (Lipinski definition) is 3. The van der Waals surface area contributed by atoms with E-state index in [1.165, 1.54) is 18.2 Å². The van der Waals surface area contributed by atoms with Gasteiger partial charge in [0.2, 0.25) is 5.82 Å². The first kappa shape index (κ1) is 14.8. The van der Waals surface area contributed by atoms with Crippen LogP contribution in [-0.2, 0) is 0 Å². The first-order valence-electron chi connectivity index (χ1n) is 5.56. The molecule has 0 radical (unpaired) electrons. The van der Waals surface area contributed by atoms with Crippen molar-refractivity contribution < 1.29 is 27.2 Å². The number of rotatable bonds is 3. The van der Waals surface area contributed by atoms with Gasteiger partial charge in [-0.05, 0) is 35.4 Å². The third-order valence-corrected chi connectivity index (χ3v) is 2.55. The second-order valence-corrected chi connectivity index (χ2v) is 4.00. The molecule has 110 valence electrons. The Morgan fingerprint density at radius 3 is 2.29 bits per heavy atom. The van der Waals surface area contributed by atoms with Crippen molar-refractivity contribution >= 4 is 5.69 Å². The molecule has 0 heterocycles. The van der Waals surface area contributed by atoms with Gasteiger partial charge in [-0.1, -0.05) is 12.1 Å². The Balaban J connectivity index is 2.36. The molecular formula is C13H7F4NO3. The lowest BCUT2D eigenvalue weighted by Crippen LogP contribution is -2.17. The molecule has 0 unspecified atom stereocenters. The van der Waals surface area contributed by atoms with Gasteiger partial charge in [0.25, 0.3) is 0 Å². The number of hydrogen-bond donors (Lipinski definition) is 0. The summed E-state index contributed by atoms with van der Waals surface area (Å²) < 4.78 is 53.6. The van der Waals surface area contributed by atoms with E-state index >= 15 is 0 Å². The maximum Gasteiger partial charge on any atom is 0.573 e. The van der Waals surface area contributed by atoms with Crippen LogP contribution in [0, 0.1) is 15.9 Å². The highest BCUT2D eigenvalue weighted by Gasteiger charge is 2.31. The van der Waals surface area contributed by atoms with E-state index in [-0.39, 0.29) is 11.1 Å². The van der Waals surface area contributed by atoms with Crippen LogP contribution >= 0.6 is 0 Å². The monoisotopic (exact) mass is 301 g/mol. The smallest absolute Gasteiger partial charge is 0.406 e. The molecule has 0 fully saturated rings. The van der Waals surface area contributed by atoms with Gasteiger partial charge >= 0.3 is 12.0 Å². The van der Waals surface area contributed by atoms with Crippen LogP contribution in [0.2, 0.25) is 0 Å². The van der Waals surface area contributed by atoms with Crippen molar-refractivity contribution in [1.29, 1.82) is 0 Å². The van der Waals surface area contributed by atoms with Crippen LogP contribution in [0.25, 0.3) is 11.1 Å². The summed E-state index contributed by atoms with van der Waals surface area (Å²) in [6.07, 6.45) is -4.83. The minimum absolute atomic E-state index is 0.200. The van der Waals surface area contributed by atoms with Crippen LogP contribution in [0.15, 0.2) is 42.5 Å². The maximum absolute atomic E-state index is 13.5. The third-order valence-electron chi connectivity index (χ3n) is 2.55. The zero-order valence-electron chi connectivity index (χ0n) is 10.2. The van der Waals surface area contributed by atoms with E-state index in [1.807, 2.05) is 0 Å². The average molecular weight is 301 g/mol. The molecule has 0 aliphatic rings. The quantitative estimate of drug-likeness (QED) is 0.482. The molecule has 4 nitrogen and oxygen atoms in total. The summed E-state index contributed by atoms with van der Waals surface area (Å²) in [6, 6.07) is 7.97. The van der Waals surface area contributed by atoms with Gasteiger partial charge in [0.05, 0.1) is 4.92 Å². The highest BCUT2D eigenvalue weighted by Crippen LogP contribution is 2.30. The van der Waals surface area contributed by atoms with E-state index in [0.29, 0.717) is 0 Å². The molecular weight excluding hydrogens is 294 g/mol. The summed E-state index contributed by atoms with van der Waals surface area (Å²) >= 11 is 0. The molecule has 2 aromatic rings. The number of ether oxygens (including phenoxy) is 1. The predicted octanol–water partition coefficient (Wildman–Crippen LogP) is 4.30. The number of nitro benzene ring substituents is 1. The van der Waals surface area contributed by atoms with Crippen molar-refractivity contribution in [1.82, 2.24) is 0 Å². The summed E-state index contributed by atoms with van der Waals surface area (Å²) in [4.78, 5) is 9.61. The zero-order valence-corrected chi connectivity index (χ0v) is 10.2. The molecule has 8 heteroatoms. The second-order valence-electron chi connectivity index (χ2n) is 4.00. The fraction of sp³-hybridized carbons (Fsp3) is 0.0769. The molecule has 0 amide bonds. The van der Waals surface area contributed by atoms with Crippen molar-refractivity contribution in [2.75, 3.05) is 0 Å². The fourth-order valence-corrected chi connectivity index (χ4v) is 1.71. The summed E-state index contributed by atoms with van der Waals surface area (Å²) in [5.74, 6) is -1.53. The van der Waals surface area contributed by atoms with Gasteiger partial charge in [-0.2, -0.15) is 4.39 Å². The normalized spacial score (nSPS) is 11.2. The number of benzene rings is 2. The van der Waals surface area contributed by atoms with Crippen LogP contribution in [0.3, 0.4) is 0 Å². The van der Waals surface area contributed by atoms with E-state index in [2.05, 4.69) is 4.74 Å². The second kappa shape index (κ2) is 5.39. The van der Waals surface area contributed by atoms with Gasteiger partial charge in [0.1, 0.15) is 5.75 Å². The molecule has 0 saturated heterocycles. The summed E-state index contributed by atoms with van der Waals surface area (Å²) in [6.45, 7) is 0. The molecule has 2 aromatic carbocycles. The number of halogens is 4. The van der Waals surface area contributed by atoms with E-state index in [9.17, 15) is 27.7 Å². The van der Waals surface area contributed by atoms with Crippen LogP contribution in [0.1, 0.15) is 0 Å². The van der Waals surface area contributed by atoms with Gasteiger partial charge in [0, 0.05) is 6.07 Å². The Kier molecular flexibility index (Phi) is 3.79. The SMILES string of the molecule is O=[N+]([O-])c1ccc(-c2cccc(OC(F)(F)F)c2)cc1F. The lowest BCUT2D eigenvalue weighted by atomic mass is 10.0. The molecule has 0 bridgehead atoms. The van der Waals surface area contributed by atoms with E-state index in [1.54, 1.807) is 0 Å². The summed E-state index contributed by atoms with van der Waals surface area (Å²) in [5.41, 5.74) is -0.266. The first-order chi connectivity index (χ1) is 9.76. The van der Waals surface area contributed by atoms with Crippen molar-refractivity contribution in [2.24, 2.45) is 0 Å². The van der Waals surface area contributed by atoms with Crippen LogP contribution < -0.4 is 4.74 Å². The predicted molar refractivity (Wildman–Crippen MR) is 65.2 cm³/mol. The fourth-order valence-electron chi connectivity index (χ4n) is 1.71. The Hall–Kier alpha value is -2.64. The molecule has 21 heavy (non-hydrogen) atoms. The topological polar surface area (TPSA) is 52.4 Å². The lowest BCUT2D eigenvalue weighted by molar-refractivity contribution is -0.387. The number of nitrogens with zero attached hydrogens (tertiary/aromatic N) is 1. The molecule has 0 atom stereocenters. The molecule has 0 saturated carbocycles. The maximum atomic E-state index is 13.5. The summed E-state index contributed by atoms with van der Waals surface area (Å²) in [7, 11) is 0. The first-order valence-corrected chi connectivity index (χ1v) is 5.56. The third kappa shape index (κ3) is 3.68. The minimum Gasteiger partial charge on any atom is -0.406 e. The molecule has 0 aliphatic heterocycles. The van der Waals surface area contributed by atoms with Crippen LogP contribution in [0.4, 0.5) is 23.2 Å². The van der Waals surface area contributed by atoms with Crippen molar-refractivity contribution in [3.05, 3.63) is 58.4 Å². The molecule has 0 N–H and O–H groups in total. The molecule has 0 aliphatic carbocycles. The molecule has 0 spiro atoms. The van der Waals surface area contributed by atoms with Crippen molar-refractivity contribution in [3.8, 4) is 16.9 Å². The Labute approximate surface area is 115 Å². The van der Waals surface area contributed by atoms with Gasteiger partial charge in [-0.3, -0.25) is 10.1 Å². The standard InChI is InChI=1S/C13H7F4NO3/c14-11-7-9(4-5-12(11)18(19)20)8-2-1-3-10(6-8)21-13(15,16)17/h1-7H. The van der Waals surface area contributed by atoms with E-state index in [4.69, 9.17) is 0 Å². The number of nitro groups is 1. The van der Waals surface area contributed by atoms with Crippen LogP contribution in [0.5, 0.6) is 5.75 Å². The van der Waals surface area contributed by atoms with Crippen molar-refractivity contribution in [2.45, 2.75) is 6.36 Å². The minimum atomic E-state index is -4.83.